The van der Waals surface area contributed by atoms with Gasteiger partial charge in [-0.1, -0.05) is 36.4 Å². The van der Waals surface area contributed by atoms with Gasteiger partial charge in [0.25, 0.3) is 0 Å². The molecule has 1 aliphatic heterocycles. The van der Waals surface area contributed by atoms with Gasteiger partial charge in [-0.2, -0.15) is 0 Å². The van der Waals surface area contributed by atoms with E-state index in [0.717, 1.165) is 66.2 Å². The van der Waals surface area contributed by atoms with Gasteiger partial charge < -0.3 is 9.88 Å². The first-order chi connectivity index (χ1) is 19.2. The highest BCUT2D eigenvalue weighted by Gasteiger charge is 2.20. The third-order valence-electron chi connectivity index (χ3n) is 7.37. The van der Waals surface area contributed by atoms with Crippen LogP contribution in [0.25, 0.3) is 43.9 Å². The van der Waals surface area contributed by atoms with Crippen molar-refractivity contribution in [2.75, 3.05) is 37.3 Å². The smallest absolute Gasteiger partial charge is 0.138 e. The number of nitrogens with one attached hydrogen (secondary N) is 1. The van der Waals surface area contributed by atoms with Crippen molar-refractivity contribution in [3.63, 3.8) is 0 Å². The van der Waals surface area contributed by atoms with Gasteiger partial charge in [-0.15, -0.1) is 23.1 Å². The number of H-pyrrole nitrogens is 1. The zero-order valence-corrected chi connectivity index (χ0v) is 23.3. The van der Waals surface area contributed by atoms with Crippen molar-refractivity contribution in [2.24, 2.45) is 0 Å². The number of benzene rings is 3. The van der Waals surface area contributed by atoms with Gasteiger partial charge in [0, 0.05) is 55.6 Å². The summed E-state index contributed by atoms with van der Waals surface area (Å²) in [5.41, 5.74) is 8.86. The molecule has 0 amide bonds. The van der Waals surface area contributed by atoms with Gasteiger partial charge >= 0.3 is 0 Å². The Balaban J connectivity index is 1.06. The summed E-state index contributed by atoms with van der Waals surface area (Å²) in [5.74, 6) is 0.915. The molecule has 6 aromatic rings. The lowest BCUT2D eigenvalue weighted by molar-refractivity contribution is 0.250. The third-order valence-corrected chi connectivity index (χ3v) is 9.59. The van der Waals surface area contributed by atoms with Crippen molar-refractivity contribution in [1.82, 2.24) is 24.8 Å². The molecule has 0 spiro atoms. The van der Waals surface area contributed by atoms with E-state index in [2.05, 4.69) is 104 Å². The number of thiophene rings is 1. The van der Waals surface area contributed by atoms with Crippen molar-refractivity contribution in [3.05, 3.63) is 90.8 Å². The number of rotatable bonds is 6. The van der Waals surface area contributed by atoms with Crippen molar-refractivity contribution in [3.8, 4) is 21.8 Å². The second-order valence-corrected chi connectivity index (χ2v) is 12.0. The molecule has 4 heterocycles. The second kappa shape index (κ2) is 10.4. The Kier molecular flexibility index (Phi) is 6.52. The maximum Gasteiger partial charge on any atom is 0.138 e. The van der Waals surface area contributed by atoms with Crippen molar-refractivity contribution < 1.29 is 0 Å². The number of imidazole rings is 1. The quantitative estimate of drug-likeness (QED) is 0.227. The number of hydrogen-bond acceptors (Lipinski definition) is 7. The predicted molar refractivity (Wildman–Crippen MR) is 164 cm³/mol. The summed E-state index contributed by atoms with van der Waals surface area (Å²) >= 11 is 3.63. The fraction of sp³-hybridized carbons (Fsp3) is 0.194. The minimum atomic E-state index is 0.915. The average molecular weight is 549 g/mol. The predicted octanol–water partition coefficient (Wildman–Crippen LogP) is 6.95. The molecule has 6 nitrogen and oxygen atoms in total. The number of hydrogen-bond donors (Lipinski definition) is 1. The first kappa shape index (κ1) is 24.3. The molecule has 1 saturated heterocycles. The van der Waals surface area contributed by atoms with Gasteiger partial charge in [0.1, 0.15) is 11.3 Å². The highest BCUT2D eigenvalue weighted by atomic mass is 32.2. The molecule has 0 atom stereocenters. The zero-order valence-electron chi connectivity index (χ0n) is 21.7. The standard InChI is InChI=1S/C31H28N6S2/c1-38-29-12-11-28(39-29)22-6-8-23(9-7-22)31-34-25-3-2-4-27(30(25)35-31)37-17-15-36(16-18-37)20-21-5-10-24-26(19-21)33-14-13-32-24/h2-14,19H,15-18,20H2,1H3,(H,34,35). The van der Waals surface area contributed by atoms with E-state index < -0.39 is 0 Å². The van der Waals surface area contributed by atoms with Gasteiger partial charge in [0.2, 0.25) is 0 Å². The number of nitrogens with zero attached hydrogens (tertiary/aromatic N) is 5. The van der Waals surface area contributed by atoms with E-state index in [4.69, 9.17) is 4.98 Å². The first-order valence-electron chi connectivity index (χ1n) is 13.1. The summed E-state index contributed by atoms with van der Waals surface area (Å²) in [6, 6.07) is 26.0. The fourth-order valence-electron chi connectivity index (χ4n) is 5.30. The minimum Gasteiger partial charge on any atom is -0.367 e. The summed E-state index contributed by atoms with van der Waals surface area (Å²) in [6.07, 6.45) is 5.62. The minimum absolute atomic E-state index is 0.915. The lowest BCUT2D eigenvalue weighted by Gasteiger charge is -2.36. The molecule has 194 valence electrons. The zero-order chi connectivity index (χ0) is 26.2. The molecule has 3 aromatic carbocycles. The van der Waals surface area contributed by atoms with Crippen LogP contribution in [0, 0.1) is 0 Å². The molecule has 8 heteroatoms. The van der Waals surface area contributed by atoms with E-state index >= 15 is 0 Å². The lowest BCUT2D eigenvalue weighted by Crippen LogP contribution is -2.46. The maximum atomic E-state index is 5.07. The molecular weight excluding hydrogens is 521 g/mol. The van der Waals surface area contributed by atoms with Gasteiger partial charge in [-0.05, 0) is 53.8 Å². The largest absolute Gasteiger partial charge is 0.367 e. The van der Waals surface area contributed by atoms with E-state index in [0.29, 0.717) is 0 Å². The van der Waals surface area contributed by atoms with Crippen molar-refractivity contribution in [2.45, 2.75) is 10.8 Å². The summed E-state index contributed by atoms with van der Waals surface area (Å²) in [6.45, 7) is 4.89. The normalized spacial score (nSPS) is 14.4. The van der Waals surface area contributed by atoms with Crippen LogP contribution in [0.4, 0.5) is 5.69 Å². The Labute approximate surface area is 235 Å². The Morgan fingerprint density at radius 3 is 2.44 bits per heavy atom. The number of aromatic nitrogens is 4. The van der Waals surface area contributed by atoms with Crippen LogP contribution >= 0.6 is 23.1 Å². The monoisotopic (exact) mass is 548 g/mol. The van der Waals surface area contributed by atoms with Crippen LogP contribution in [0.1, 0.15) is 5.56 Å². The first-order valence-corrected chi connectivity index (χ1v) is 15.2. The van der Waals surface area contributed by atoms with Gasteiger partial charge in [-0.3, -0.25) is 14.9 Å². The molecule has 0 saturated carbocycles. The van der Waals surface area contributed by atoms with Gasteiger partial charge in [0.15, 0.2) is 0 Å². The van der Waals surface area contributed by atoms with Crippen LogP contribution in [0.15, 0.2) is 89.4 Å². The number of para-hydroxylation sites is 1. The van der Waals surface area contributed by atoms with E-state index in [-0.39, 0.29) is 0 Å². The Morgan fingerprint density at radius 2 is 1.64 bits per heavy atom. The third kappa shape index (κ3) is 4.91. The Morgan fingerprint density at radius 1 is 0.846 bits per heavy atom. The molecule has 1 N–H and O–H groups in total. The number of anilines is 1. The summed E-state index contributed by atoms with van der Waals surface area (Å²) in [7, 11) is 0. The second-order valence-electron chi connectivity index (χ2n) is 9.80. The molecule has 1 fully saturated rings. The van der Waals surface area contributed by atoms with Crippen LogP contribution in [-0.4, -0.2) is 57.3 Å². The maximum absolute atomic E-state index is 5.07. The van der Waals surface area contributed by atoms with E-state index in [1.54, 1.807) is 24.2 Å². The molecule has 7 rings (SSSR count). The summed E-state index contributed by atoms with van der Waals surface area (Å²) < 4.78 is 1.34. The molecule has 0 aliphatic carbocycles. The fourth-order valence-corrected chi connectivity index (χ4v) is 6.85. The van der Waals surface area contributed by atoms with Crippen LogP contribution in [-0.2, 0) is 6.54 Å². The van der Waals surface area contributed by atoms with E-state index in [9.17, 15) is 0 Å². The van der Waals surface area contributed by atoms with Gasteiger partial charge in [-0.25, -0.2) is 4.98 Å². The molecule has 0 radical (unpaired) electrons. The number of piperazine rings is 1. The van der Waals surface area contributed by atoms with Crippen molar-refractivity contribution >= 4 is 50.9 Å². The molecule has 1 aliphatic rings. The average Bonchev–Trinajstić information content (AvgIpc) is 3.65. The molecule has 0 unspecified atom stereocenters. The van der Waals surface area contributed by atoms with Crippen molar-refractivity contribution in [1.29, 1.82) is 0 Å². The van der Waals surface area contributed by atoms with E-state index in [1.165, 1.54) is 25.9 Å². The Hall–Kier alpha value is -3.72. The highest BCUT2D eigenvalue weighted by molar-refractivity contribution is 8.00. The molecule has 0 bridgehead atoms. The van der Waals surface area contributed by atoms with Gasteiger partial charge in [0.05, 0.1) is 26.4 Å². The molecular formula is C31H28N6S2. The van der Waals surface area contributed by atoms with Crippen LogP contribution in [0.2, 0.25) is 0 Å². The number of aromatic amines is 1. The molecule has 3 aromatic heterocycles. The number of fused-ring (bicyclic) bond motifs is 2. The summed E-state index contributed by atoms with van der Waals surface area (Å²) in [4.78, 5) is 23.8. The van der Waals surface area contributed by atoms with Crippen LogP contribution in [0.3, 0.4) is 0 Å². The highest BCUT2D eigenvalue weighted by Crippen LogP contribution is 2.34. The molecule has 39 heavy (non-hydrogen) atoms. The lowest BCUT2D eigenvalue weighted by atomic mass is 10.1. The Bertz CT molecular complexity index is 1750. The topological polar surface area (TPSA) is 60.9 Å². The summed E-state index contributed by atoms with van der Waals surface area (Å²) in [5, 5.41) is 0. The number of thioether (sulfide) groups is 1. The van der Waals surface area contributed by atoms with E-state index in [1.807, 2.05) is 11.3 Å². The van der Waals surface area contributed by atoms with Crippen LogP contribution < -0.4 is 4.90 Å². The van der Waals surface area contributed by atoms with Crippen LogP contribution in [0.5, 0.6) is 0 Å². The SMILES string of the molecule is CSc1ccc(-c2ccc(-c3nc4c(N5CCN(Cc6ccc7nccnc7c6)CC5)cccc4[nH]3)cc2)s1.